The van der Waals surface area contributed by atoms with Crippen molar-refractivity contribution in [1.82, 2.24) is 9.78 Å². The predicted molar refractivity (Wildman–Crippen MR) is 75.1 cm³/mol. The molecule has 0 aliphatic rings. The lowest BCUT2D eigenvalue weighted by Gasteiger charge is -2.23. The molecule has 0 N–H and O–H groups in total. The summed E-state index contributed by atoms with van der Waals surface area (Å²) in [5, 5.41) is 4.43. The summed E-state index contributed by atoms with van der Waals surface area (Å²) >= 11 is 3.42. The Morgan fingerprint density at radius 3 is 2.50 bits per heavy atom. The second-order valence-electron chi connectivity index (χ2n) is 5.38. The van der Waals surface area contributed by atoms with Crippen LogP contribution < -0.4 is 0 Å². The molecule has 0 saturated heterocycles. The average Bonchev–Trinajstić information content (AvgIpc) is 2.60. The lowest BCUT2D eigenvalue weighted by molar-refractivity contribution is 0.360. The SMILES string of the molecule is Cc1cnn(C(C)(C)C)c1-c1ccc(F)cc1Br. The fraction of sp³-hybridized carbons (Fsp3) is 0.357. The van der Waals surface area contributed by atoms with E-state index in [1.165, 1.54) is 12.1 Å². The van der Waals surface area contributed by atoms with Gasteiger partial charge in [0.2, 0.25) is 0 Å². The largest absolute Gasteiger partial charge is 0.259 e. The van der Waals surface area contributed by atoms with Gasteiger partial charge in [-0.15, -0.1) is 0 Å². The van der Waals surface area contributed by atoms with E-state index >= 15 is 0 Å². The van der Waals surface area contributed by atoms with Crippen molar-refractivity contribution in [3.63, 3.8) is 0 Å². The Kier molecular flexibility index (Phi) is 3.32. The molecule has 0 aliphatic heterocycles. The van der Waals surface area contributed by atoms with Crippen LogP contribution in [0, 0.1) is 12.7 Å². The second-order valence-corrected chi connectivity index (χ2v) is 6.24. The Morgan fingerprint density at radius 1 is 1.28 bits per heavy atom. The number of hydrogen-bond acceptors (Lipinski definition) is 1. The molecule has 1 aromatic carbocycles. The third kappa shape index (κ3) is 2.34. The molecule has 0 aliphatic carbocycles. The number of hydrogen-bond donors (Lipinski definition) is 0. The first kappa shape index (κ1) is 13.3. The molecular weight excluding hydrogens is 295 g/mol. The minimum atomic E-state index is -0.245. The van der Waals surface area contributed by atoms with Crippen LogP contribution >= 0.6 is 15.9 Å². The van der Waals surface area contributed by atoms with Crippen LogP contribution in [0.4, 0.5) is 4.39 Å². The number of aryl methyl sites for hydroxylation is 1. The minimum absolute atomic E-state index is 0.114. The molecule has 4 heteroatoms. The van der Waals surface area contributed by atoms with Gasteiger partial charge in [-0.25, -0.2) is 4.39 Å². The topological polar surface area (TPSA) is 17.8 Å². The minimum Gasteiger partial charge on any atom is -0.259 e. The molecule has 2 aromatic rings. The number of halogens is 2. The zero-order chi connectivity index (χ0) is 13.5. The van der Waals surface area contributed by atoms with Gasteiger partial charge in [-0.1, -0.05) is 0 Å². The molecule has 0 radical (unpaired) electrons. The highest BCUT2D eigenvalue weighted by Crippen LogP contribution is 2.33. The molecule has 0 bridgehead atoms. The van der Waals surface area contributed by atoms with E-state index in [0.29, 0.717) is 0 Å². The van der Waals surface area contributed by atoms with Gasteiger partial charge in [-0.05, 0) is 67.4 Å². The molecule has 0 fully saturated rings. The van der Waals surface area contributed by atoms with Crippen molar-refractivity contribution < 1.29 is 4.39 Å². The summed E-state index contributed by atoms with van der Waals surface area (Å²) in [6.45, 7) is 8.31. The van der Waals surface area contributed by atoms with Crippen LogP contribution in [-0.2, 0) is 5.54 Å². The van der Waals surface area contributed by atoms with E-state index in [2.05, 4.69) is 41.8 Å². The third-order valence-electron chi connectivity index (χ3n) is 2.77. The summed E-state index contributed by atoms with van der Waals surface area (Å²) in [6.07, 6.45) is 1.84. The van der Waals surface area contributed by atoms with E-state index < -0.39 is 0 Å². The normalized spacial score (nSPS) is 11.9. The Hall–Kier alpha value is -1.16. The molecule has 2 nitrogen and oxygen atoms in total. The zero-order valence-corrected chi connectivity index (χ0v) is 12.5. The van der Waals surface area contributed by atoms with Crippen LogP contribution in [0.5, 0.6) is 0 Å². The van der Waals surface area contributed by atoms with E-state index in [1.807, 2.05) is 17.8 Å². The fourth-order valence-electron chi connectivity index (χ4n) is 1.95. The van der Waals surface area contributed by atoms with Crippen molar-refractivity contribution >= 4 is 15.9 Å². The standard InChI is InChI=1S/C14H16BrFN2/c1-9-8-17-18(14(2,3)4)13(9)11-6-5-10(16)7-12(11)15/h5-8H,1-4H3. The van der Waals surface area contributed by atoms with Crippen molar-refractivity contribution in [1.29, 1.82) is 0 Å². The van der Waals surface area contributed by atoms with Crippen molar-refractivity contribution in [2.75, 3.05) is 0 Å². The predicted octanol–water partition coefficient (Wildman–Crippen LogP) is 4.52. The highest BCUT2D eigenvalue weighted by Gasteiger charge is 2.21. The Balaban J connectivity index is 2.67. The smallest absolute Gasteiger partial charge is 0.124 e. The Bertz CT molecular complexity index is 582. The van der Waals surface area contributed by atoms with Crippen LogP contribution in [0.15, 0.2) is 28.9 Å². The van der Waals surface area contributed by atoms with Crippen LogP contribution in [0.3, 0.4) is 0 Å². The molecule has 1 heterocycles. The van der Waals surface area contributed by atoms with E-state index in [4.69, 9.17) is 0 Å². The molecular formula is C14H16BrFN2. The first-order valence-electron chi connectivity index (χ1n) is 5.81. The number of nitrogens with zero attached hydrogens (tertiary/aromatic N) is 2. The van der Waals surface area contributed by atoms with Gasteiger partial charge in [0.05, 0.1) is 17.4 Å². The molecule has 0 atom stereocenters. The van der Waals surface area contributed by atoms with Gasteiger partial charge in [-0.3, -0.25) is 4.68 Å². The quantitative estimate of drug-likeness (QED) is 0.757. The Labute approximate surface area is 115 Å². The van der Waals surface area contributed by atoms with E-state index in [1.54, 1.807) is 6.07 Å². The van der Waals surface area contributed by atoms with Gasteiger partial charge in [0.15, 0.2) is 0 Å². The van der Waals surface area contributed by atoms with Gasteiger partial charge >= 0.3 is 0 Å². The van der Waals surface area contributed by atoms with Gasteiger partial charge in [0.1, 0.15) is 5.82 Å². The van der Waals surface area contributed by atoms with Crippen molar-refractivity contribution in [2.45, 2.75) is 33.2 Å². The molecule has 18 heavy (non-hydrogen) atoms. The fourth-order valence-corrected chi connectivity index (χ4v) is 2.49. The van der Waals surface area contributed by atoms with Crippen LogP contribution in [-0.4, -0.2) is 9.78 Å². The van der Waals surface area contributed by atoms with Crippen LogP contribution in [0.25, 0.3) is 11.3 Å². The molecule has 0 unspecified atom stereocenters. The van der Waals surface area contributed by atoms with Crippen LogP contribution in [0.1, 0.15) is 26.3 Å². The number of rotatable bonds is 1. The first-order chi connectivity index (χ1) is 8.30. The maximum Gasteiger partial charge on any atom is 0.124 e. The summed E-state index contributed by atoms with van der Waals surface area (Å²) in [6, 6.07) is 4.74. The molecule has 1 aromatic heterocycles. The van der Waals surface area contributed by atoms with Crippen molar-refractivity contribution in [3.8, 4) is 11.3 Å². The van der Waals surface area contributed by atoms with Gasteiger partial charge in [0.25, 0.3) is 0 Å². The zero-order valence-electron chi connectivity index (χ0n) is 11.0. The van der Waals surface area contributed by atoms with Crippen LogP contribution in [0.2, 0.25) is 0 Å². The molecule has 0 amide bonds. The Morgan fingerprint density at radius 2 is 1.94 bits per heavy atom. The van der Waals surface area contributed by atoms with Crippen molar-refractivity contribution in [3.05, 3.63) is 40.2 Å². The summed E-state index contributed by atoms with van der Waals surface area (Å²) in [4.78, 5) is 0. The highest BCUT2D eigenvalue weighted by molar-refractivity contribution is 9.10. The summed E-state index contributed by atoms with van der Waals surface area (Å²) in [7, 11) is 0. The maximum atomic E-state index is 13.2. The first-order valence-corrected chi connectivity index (χ1v) is 6.60. The number of aromatic nitrogens is 2. The van der Waals surface area contributed by atoms with E-state index in [0.717, 1.165) is 21.3 Å². The molecule has 0 saturated carbocycles. The highest BCUT2D eigenvalue weighted by atomic mass is 79.9. The third-order valence-corrected chi connectivity index (χ3v) is 3.43. The van der Waals surface area contributed by atoms with E-state index in [9.17, 15) is 4.39 Å². The molecule has 96 valence electrons. The lowest BCUT2D eigenvalue weighted by atomic mass is 10.0. The summed E-state index contributed by atoms with van der Waals surface area (Å²) in [5.41, 5.74) is 2.95. The molecule has 2 rings (SSSR count). The summed E-state index contributed by atoms with van der Waals surface area (Å²) < 4.78 is 15.9. The lowest BCUT2D eigenvalue weighted by Crippen LogP contribution is -2.24. The van der Waals surface area contributed by atoms with Gasteiger partial charge in [0, 0.05) is 10.0 Å². The second kappa shape index (κ2) is 4.50. The van der Waals surface area contributed by atoms with Crippen molar-refractivity contribution in [2.24, 2.45) is 0 Å². The average molecular weight is 311 g/mol. The maximum absolute atomic E-state index is 13.2. The van der Waals surface area contributed by atoms with Gasteiger partial charge < -0.3 is 0 Å². The molecule has 0 spiro atoms. The number of benzene rings is 1. The van der Waals surface area contributed by atoms with Gasteiger partial charge in [-0.2, -0.15) is 5.10 Å². The van der Waals surface area contributed by atoms with E-state index in [-0.39, 0.29) is 11.4 Å². The summed E-state index contributed by atoms with van der Waals surface area (Å²) in [5.74, 6) is -0.245. The monoisotopic (exact) mass is 310 g/mol.